The first kappa shape index (κ1) is 11.1. The number of aromatic nitrogens is 2. The van der Waals surface area contributed by atoms with E-state index in [9.17, 15) is 0 Å². The summed E-state index contributed by atoms with van der Waals surface area (Å²) in [4.78, 5) is 4.55. The Bertz CT molecular complexity index is 258. The highest BCUT2D eigenvalue weighted by molar-refractivity contribution is 7.80. The second kappa shape index (κ2) is 6.50. The molecule has 0 saturated carbocycles. The van der Waals surface area contributed by atoms with Crippen molar-refractivity contribution in [2.75, 3.05) is 13.1 Å². The SMILES string of the molecule is NC(=S)CCNCCCn1ccnc1. The number of imidazole rings is 1. The fourth-order valence-electron chi connectivity index (χ4n) is 1.14. The van der Waals surface area contributed by atoms with Gasteiger partial charge < -0.3 is 15.6 Å². The van der Waals surface area contributed by atoms with E-state index in [1.165, 1.54) is 0 Å². The molecule has 78 valence electrons. The summed E-state index contributed by atoms with van der Waals surface area (Å²) in [5, 5.41) is 3.28. The minimum Gasteiger partial charge on any atom is -0.393 e. The van der Waals surface area contributed by atoms with Gasteiger partial charge in [-0.1, -0.05) is 12.2 Å². The lowest BCUT2D eigenvalue weighted by Crippen LogP contribution is -2.22. The first-order chi connectivity index (χ1) is 6.79. The molecule has 0 aliphatic carbocycles. The van der Waals surface area contributed by atoms with Crippen LogP contribution in [0.5, 0.6) is 0 Å². The predicted molar refractivity (Wildman–Crippen MR) is 61.1 cm³/mol. The summed E-state index contributed by atoms with van der Waals surface area (Å²) in [6, 6.07) is 0. The van der Waals surface area contributed by atoms with E-state index in [2.05, 4.69) is 14.9 Å². The van der Waals surface area contributed by atoms with E-state index in [0.29, 0.717) is 4.99 Å². The quantitative estimate of drug-likeness (QED) is 0.511. The fourth-order valence-corrected chi connectivity index (χ4v) is 1.24. The summed E-state index contributed by atoms with van der Waals surface area (Å²) in [5.74, 6) is 0. The highest BCUT2D eigenvalue weighted by Gasteiger charge is 1.91. The van der Waals surface area contributed by atoms with Crippen LogP contribution < -0.4 is 11.1 Å². The Morgan fingerprint density at radius 1 is 1.50 bits per heavy atom. The number of hydrogen-bond acceptors (Lipinski definition) is 3. The Balaban J connectivity index is 1.92. The largest absolute Gasteiger partial charge is 0.393 e. The maximum Gasteiger partial charge on any atom is 0.0945 e. The van der Waals surface area contributed by atoms with Crippen molar-refractivity contribution < 1.29 is 0 Å². The minimum atomic E-state index is 0.576. The zero-order valence-electron chi connectivity index (χ0n) is 8.15. The standard InChI is InChI=1S/C9H16N4S/c10-9(14)2-4-11-3-1-6-13-7-5-12-8-13/h5,7-8,11H,1-4,6H2,(H2,10,14). The minimum absolute atomic E-state index is 0.576. The molecule has 0 aliphatic heterocycles. The molecule has 0 fully saturated rings. The first-order valence-corrected chi connectivity index (χ1v) is 5.14. The van der Waals surface area contributed by atoms with Gasteiger partial charge in [0.2, 0.25) is 0 Å². The van der Waals surface area contributed by atoms with Crippen molar-refractivity contribution in [3.8, 4) is 0 Å². The van der Waals surface area contributed by atoms with Crippen LogP contribution in [0.4, 0.5) is 0 Å². The molecule has 0 radical (unpaired) electrons. The van der Waals surface area contributed by atoms with Crippen LogP contribution in [-0.2, 0) is 6.54 Å². The van der Waals surface area contributed by atoms with Crippen molar-refractivity contribution in [3.05, 3.63) is 18.7 Å². The van der Waals surface area contributed by atoms with Crippen molar-refractivity contribution in [3.63, 3.8) is 0 Å². The molecule has 3 N–H and O–H groups in total. The molecule has 1 rings (SSSR count). The number of aryl methyl sites for hydroxylation is 1. The molecule has 5 heteroatoms. The predicted octanol–water partition coefficient (Wildman–Crippen LogP) is 0.539. The Morgan fingerprint density at radius 2 is 2.36 bits per heavy atom. The van der Waals surface area contributed by atoms with Crippen molar-refractivity contribution in [2.24, 2.45) is 5.73 Å². The molecular formula is C9H16N4S. The smallest absolute Gasteiger partial charge is 0.0945 e. The first-order valence-electron chi connectivity index (χ1n) is 4.74. The van der Waals surface area contributed by atoms with Gasteiger partial charge in [-0.15, -0.1) is 0 Å². The Morgan fingerprint density at radius 3 is 3.00 bits per heavy atom. The van der Waals surface area contributed by atoms with Crippen molar-refractivity contribution >= 4 is 17.2 Å². The monoisotopic (exact) mass is 212 g/mol. The maximum atomic E-state index is 5.36. The van der Waals surface area contributed by atoms with Crippen LogP contribution in [0.3, 0.4) is 0 Å². The molecule has 0 bridgehead atoms. The third-order valence-corrected chi connectivity index (χ3v) is 2.08. The van der Waals surface area contributed by atoms with Gasteiger partial charge in [-0.05, 0) is 13.0 Å². The van der Waals surface area contributed by atoms with Gasteiger partial charge in [-0.2, -0.15) is 0 Å². The molecule has 0 amide bonds. The third kappa shape index (κ3) is 4.94. The summed E-state index contributed by atoms with van der Waals surface area (Å²) in [6.07, 6.45) is 7.46. The van der Waals surface area contributed by atoms with Crippen LogP contribution in [0, 0.1) is 0 Å². The highest BCUT2D eigenvalue weighted by atomic mass is 32.1. The van der Waals surface area contributed by atoms with Crippen LogP contribution in [0.1, 0.15) is 12.8 Å². The fraction of sp³-hybridized carbons (Fsp3) is 0.556. The van der Waals surface area contributed by atoms with Crippen LogP contribution in [-0.4, -0.2) is 27.6 Å². The van der Waals surface area contributed by atoms with E-state index in [1.807, 2.05) is 12.5 Å². The summed E-state index contributed by atoms with van der Waals surface area (Å²) in [7, 11) is 0. The molecule has 1 aromatic rings. The van der Waals surface area contributed by atoms with Crippen LogP contribution in [0.25, 0.3) is 0 Å². The number of thiocarbonyl (C=S) groups is 1. The zero-order valence-corrected chi connectivity index (χ0v) is 8.96. The van der Waals surface area contributed by atoms with Gasteiger partial charge >= 0.3 is 0 Å². The summed E-state index contributed by atoms with van der Waals surface area (Å²) < 4.78 is 2.06. The molecule has 0 saturated heterocycles. The number of nitrogens with one attached hydrogen (secondary N) is 1. The molecule has 0 unspecified atom stereocenters. The molecule has 4 nitrogen and oxygen atoms in total. The number of nitrogens with zero attached hydrogens (tertiary/aromatic N) is 2. The van der Waals surface area contributed by atoms with Gasteiger partial charge in [0.1, 0.15) is 0 Å². The Hall–Kier alpha value is -0.940. The molecule has 1 heterocycles. The molecule has 0 atom stereocenters. The van der Waals surface area contributed by atoms with Gasteiger partial charge in [-0.3, -0.25) is 0 Å². The number of hydrogen-bond donors (Lipinski definition) is 2. The summed E-state index contributed by atoms with van der Waals surface area (Å²) >= 11 is 4.76. The lowest BCUT2D eigenvalue weighted by molar-refractivity contribution is 0.587. The molecule has 14 heavy (non-hydrogen) atoms. The second-order valence-electron chi connectivity index (χ2n) is 3.12. The highest BCUT2D eigenvalue weighted by Crippen LogP contribution is 1.89. The maximum absolute atomic E-state index is 5.36. The van der Waals surface area contributed by atoms with Gasteiger partial charge in [0, 0.05) is 31.9 Å². The Kier molecular flexibility index (Phi) is 5.17. The van der Waals surface area contributed by atoms with Gasteiger partial charge in [0.15, 0.2) is 0 Å². The number of rotatable bonds is 7. The van der Waals surface area contributed by atoms with Gasteiger partial charge in [0.05, 0.1) is 11.3 Å². The average Bonchev–Trinajstić information content (AvgIpc) is 2.63. The molecule has 0 aromatic carbocycles. The molecule has 0 spiro atoms. The van der Waals surface area contributed by atoms with Crippen molar-refractivity contribution in [1.82, 2.24) is 14.9 Å². The second-order valence-corrected chi connectivity index (χ2v) is 3.64. The van der Waals surface area contributed by atoms with E-state index < -0.39 is 0 Å². The summed E-state index contributed by atoms with van der Waals surface area (Å²) in [6.45, 7) is 2.86. The number of nitrogens with two attached hydrogens (primary N) is 1. The van der Waals surface area contributed by atoms with E-state index in [0.717, 1.165) is 32.5 Å². The summed E-state index contributed by atoms with van der Waals surface area (Å²) in [5.41, 5.74) is 5.36. The Labute approximate surface area is 89.5 Å². The van der Waals surface area contributed by atoms with E-state index in [1.54, 1.807) is 6.20 Å². The van der Waals surface area contributed by atoms with E-state index in [4.69, 9.17) is 18.0 Å². The third-order valence-electron chi connectivity index (χ3n) is 1.88. The lowest BCUT2D eigenvalue weighted by atomic mass is 10.4. The molecule has 0 aliphatic rings. The van der Waals surface area contributed by atoms with Gasteiger partial charge in [-0.25, -0.2) is 4.98 Å². The van der Waals surface area contributed by atoms with Crippen LogP contribution in [0.15, 0.2) is 18.7 Å². The topological polar surface area (TPSA) is 55.9 Å². The normalized spacial score (nSPS) is 10.3. The van der Waals surface area contributed by atoms with Crippen LogP contribution in [0.2, 0.25) is 0 Å². The van der Waals surface area contributed by atoms with E-state index in [-0.39, 0.29) is 0 Å². The zero-order chi connectivity index (χ0) is 10.2. The van der Waals surface area contributed by atoms with Crippen molar-refractivity contribution in [1.29, 1.82) is 0 Å². The molecule has 1 aromatic heterocycles. The molecular weight excluding hydrogens is 196 g/mol. The van der Waals surface area contributed by atoms with Crippen LogP contribution >= 0.6 is 12.2 Å². The van der Waals surface area contributed by atoms with E-state index >= 15 is 0 Å². The average molecular weight is 212 g/mol. The van der Waals surface area contributed by atoms with Gasteiger partial charge in [0.25, 0.3) is 0 Å². The van der Waals surface area contributed by atoms with Crippen molar-refractivity contribution in [2.45, 2.75) is 19.4 Å². The lowest BCUT2D eigenvalue weighted by Gasteiger charge is -2.04.